The van der Waals surface area contributed by atoms with Crippen LogP contribution in [0.1, 0.15) is 16.3 Å². The van der Waals surface area contributed by atoms with Crippen molar-refractivity contribution in [2.45, 2.75) is 20.4 Å². The van der Waals surface area contributed by atoms with E-state index in [1.165, 1.54) is 21.9 Å². The molecule has 102 valence electrons. The van der Waals surface area contributed by atoms with E-state index in [2.05, 4.69) is 23.7 Å². The molecule has 1 fully saturated rings. The zero-order valence-corrected chi connectivity index (χ0v) is 12.9. The van der Waals surface area contributed by atoms with Gasteiger partial charge >= 0.3 is 0 Å². The Balaban J connectivity index is 1.92. The van der Waals surface area contributed by atoms with E-state index in [4.69, 9.17) is 10.7 Å². The predicted molar refractivity (Wildman–Crippen MR) is 83.9 cm³/mol. The molecule has 0 unspecified atom stereocenters. The Kier molecular flexibility index (Phi) is 3.64. The maximum absolute atomic E-state index is 6.11. The van der Waals surface area contributed by atoms with Crippen LogP contribution in [0.4, 0.5) is 5.82 Å². The van der Waals surface area contributed by atoms with Gasteiger partial charge in [-0.3, -0.25) is 4.90 Å². The fraction of sp³-hybridized carbons (Fsp3) is 0.538. The molecule has 3 heterocycles. The second-order valence-electron chi connectivity index (χ2n) is 4.88. The molecule has 0 aliphatic carbocycles. The van der Waals surface area contributed by atoms with Crippen LogP contribution >= 0.6 is 23.1 Å². The van der Waals surface area contributed by atoms with Gasteiger partial charge in [-0.15, -0.1) is 11.3 Å². The van der Waals surface area contributed by atoms with E-state index in [0.717, 1.165) is 35.7 Å². The van der Waals surface area contributed by atoms with Crippen molar-refractivity contribution in [2.24, 2.45) is 0 Å². The van der Waals surface area contributed by atoms with Gasteiger partial charge in [-0.2, -0.15) is 11.8 Å². The summed E-state index contributed by atoms with van der Waals surface area (Å²) < 4.78 is 0. The summed E-state index contributed by atoms with van der Waals surface area (Å²) in [6.45, 7) is 7.26. The number of hydrogen-bond acceptors (Lipinski definition) is 6. The molecule has 2 aromatic heterocycles. The van der Waals surface area contributed by atoms with Crippen LogP contribution < -0.4 is 5.73 Å². The van der Waals surface area contributed by atoms with Gasteiger partial charge in [-0.1, -0.05) is 0 Å². The molecule has 0 saturated carbocycles. The minimum atomic E-state index is 0.633. The highest BCUT2D eigenvalue weighted by molar-refractivity contribution is 7.99. The number of anilines is 1. The third kappa shape index (κ3) is 2.57. The lowest BCUT2D eigenvalue weighted by molar-refractivity contribution is 0.287. The monoisotopic (exact) mass is 294 g/mol. The van der Waals surface area contributed by atoms with Crippen LogP contribution in [0.15, 0.2) is 0 Å². The number of nitrogens with two attached hydrogens (primary N) is 1. The first-order valence-corrected chi connectivity index (χ1v) is 8.44. The molecule has 0 spiro atoms. The van der Waals surface area contributed by atoms with E-state index < -0.39 is 0 Å². The number of aryl methyl sites for hydroxylation is 2. The van der Waals surface area contributed by atoms with Gasteiger partial charge in [0.2, 0.25) is 0 Å². The fourth-order valence-electron chi connectivity index (χ4n) is 2.36. The standard InChI is InChI=1S/C13H18N4S2/c1-8-9(2)19-13-11(8)12(14)15-10(16-13)7-17-3-5-18-6-4-17/h3-7H2,1-2H3,(H2,14,15,16). The molecule has 0 aromatic carbocycles. The highest BCUT2D eigenvalue weighted by Crippen LogP contribution is 2.32. The zero-order chi connectivity index (χ0) is 13.4. The highest BCUT2D eigenvalue weighted by Gasteiger charge is 2.16. The normalized spacial score (nSPS) is 17.2. The Morgan fingerprint density at radius 2 is 1.95 bits per heavy atom. The van der Waals surface area contributed by atoms with Gasteiger partial charge in [-0.05, 0) is 19.4 Å². The molecule has 2 aromatic rings. The van der Waals surface area contributed by atoms with Gasteiger partial charge < -0.3 is 5.73 Å². The lowest BCUT2D eigenvalue weighted by Crippen LogP contribution is -2.32. The largest absolute Gasteiger partial charge is 0.383 e. The minimum Gasteiger partial charge on any atom is -0.383 e. The second-order valence-corrected chi connectivity index (χ2v) is 7.30. The molecule has 2 N–H and O–H groups in total. The number of nitrogens with zero attached hydrogens (tertiary/aromatic N) is 3. The molecular formula is C13H18N4S2. The molecule has 0 atom stereocenters. The average Bonchev–Trinajstić information content (AvgIpc) is 2.66. The van der Waals surface area contributed by atoms with Gasteiger partial charge in [0.1, 0.15) is 16.5 Å². The van der Waals surface area contributed by atoms with Crippen molar-refractivity contribution < 1.29 is 0 Å². The van der Waals surface area contributed by atoms with Crippen molar-refractivity contribution in [3.05, 3.63) is 16.3 Å². The Morgan fingerprint density at radius 1 is 1.21 bits per heavy atom. The van der Waals surface area contributed by atoms with Crippen molar-refractivity contribution in [3.63, 3.8) is 0 Å². The number of aromatic nitrogens is 2. The summed E-state index contributed by atoms with van der Waals surface area (Å²) in [5.74, 6) is 3.90. The third-order valence-electron chi connectivity index (χ3n) is 3.57. The van der Waals surface area contributed by atoms with Crippen molar-refractivity contribution >= 4 is 39.1 Å². The topological polar surface area (TPSA) is 55.0 Å². The third-order valence-corrected chi connectivity index (χ3v) is 5.62. The van der Waals surface area contributed by atoms with Gasteiger partial charge in [0.05, 0.1) is 11.9 Å². The summed E-state index contributed by atoms with van der Waals surface area (Å²) in [5, 5.41) is 1.04. The van der Waals surface area contributed by atoms with E-state index in [9.17, 15) is 0 Å². The average molecular weight is 294 g/mol. The molecule has 0 radical (unpaired) electrons. The highest BCUT2D eigenvalue weighted by atomic mass is 32.2. The first-order valence-electron chi connectivity index (χ1n) is 6.47. The second kappa shape index (κ2) is 5.26. The quantitative estimate of drug-likeness (QED) is 0.922. The zero-order valence-electron chi connectivity index (χ0n) is 11.3. The molecular weight excluding hydrogens is 276 g/mol. The Bertz CT molecular complexity index is 602. The van der Waals surface area contributed by atoms with Crippen molar-refractivity contribution in [1.82, 2.24) is 14.9 Å². The van der Waals surface area contributed by atoms with Gasteiger partial charge in [0.25, 0.3) is 0 Å². The maximum atomic E-state index is 6.11. The van der Waals surface area contributed by atoms with Crippen LogP contribution in [0.25, 0.3) is 10.2 Å². The number of fused-ring (bicyclic) bond motifs is 1. The lowest BCUT2D eigenvalue weighted by Gasteiger charge is -2.25. The van der Waals surface area contributed by atoms with Crippen LogP contribution in [0.2, 0.25) is 0 Å². The van der Waals surface area contributed by atoms with Gasteiger partial charge in [0, 0.05) is 29.5 Å². The lowest BCUT2D eigenvalue weighted by atomic mass is 10.2. The van der Waals surface area contributed by atoms with E-state index in [-0.39, 0.29) is 0 Å². The first-order chi connectivity index (χ1) is 9.15. The molecule has 1 aliphatic rings. The number of nitrogen functional groups attached to an aromatic ring is 1. The summed E-state index contributed by atoms with van der Waals surface area (Å²) in [5.41, 5.74) is 7.33. The molecule has 0 amide bonds. The minimum absolute atomic E-state index is 0.633. The molecule has 6 heteroatoms. The summed E-state index contributed by atoms with van der Waals surface area (Å²) in [6, 6.07) is 0. The fourth-order valence-corrected chi connectivity index (χ4v) is 4.39. The Labute approximate surface area is 121 Å². The van der Waals surface area contributed by atoms with E-state index >= 15 is 0 Å². The summed E-state index contributed by atoms with van der Waals surface area (Å²) in [6.07, 6.45) is 0. The van der Waals surface area contributed by atoms with Crippen LogP contribution in [0.5, 0.6) is 0 Å². The molecule has 1 aliphatic heterocycles. The SMILES string of the molecule is Cc1sc2nc(CN3CCSCC3)nc(N)c2c1C. The number of thiophene rings is 1. The number of hydrogen-bond donors (Lipinski definition) is 1. The molecule has 1 saturated heterocycles. The smallest absolute Gasteiger partial charge is 0.146 e. The first kappa shape index (κ1) is 13.1. The molecule has 4 nitrogen and oxygen atoms in total. The predicted octanol–water partition coefficient (Wildman–Crippen LogP) is 2.44. The van der Waals surface area contributed by atoms with Crippen molar-refractivity contribution in [1.29, 1.82) is 0 Å². The molecule has 19 heavy (non-hydrogen) atoms. The van der Waals surface area contributed by atoms with Crippen molar-refractivity contribution in [2.75, 3.05) is 30.3 Å². The Hall–Kier alpha value is -0.850. The van der Waals surface area contributed by atoms with Gasteiger partial charge in [-0.25, -0.2) is 9.97 Å². The summed E-state index contributed by atoms with van der Waals surface area (Å²) >= 11 is 3.73. The van der Waals surface area contributed by atoms with E-state index in [1.807, 2.05) is 11.8 Å². The maximum Gasteiger partial charge on any atom is 0.146 e. The molecule has 3 rings (SSSR count). The van der Waals surface area contributed by atoms with Crippen LogP contribution in [0.3, 0.4) is 0 Å². The van der Waals surface area contributed by atoms with E-state index in [0.29, 0.717) is 5.82 Å². The molecule has 0 bridgehead atoms. The van der Waals surface area contributed by atoms with Crippen LogP contribution in [-0.2, 0) is 6.54 Å². The number of rotatable bonds is 2. The van der Waals surface area contributed by atoms with Crippen LogP contribution in [-0.4, -0.2) is 39.5 Å². The summed E-state index contributed by atoms with van der Waals surface area (Å²) in [7, 11) is 0. The van der Waals surface area contributed by atoms with E-state index in [1.54, 1.807) is 11.3 Å². The number of thioether (sulfide) groups is 1. The van der Waals surface area contributed by atoms with Crippen molar-refractivity contribution in [3.8, 4) is 0 Å². The van der Waals surface area contributed by atoms with Gasteiger partial charge in [0.15, 0.2) is 0 Å². The Morgan fingerprint density at radius 3 is 2.68 bits per heavy atom. The summed E-state index contributed by atoms with van der Waals surface area (Å²) in [4.78, 5) is 13.9. The van der Waals surface area contributed by atoms with Crippen LogP contribution in [0, 0.1) is 13.8 Å².